The van der Waals surface area contributed by atoms with E-state index in [2.05, 4.69) is 5.32 Å². The number of nitrogens with one attached hydrogen (secondary N) is 1. The SMILES string of the molecule is CC1(C)C(=O)Nc2c(Cl)cc(N)c(O)c21. The number of phenolic OH excluding ortho intramolecular Hbond substituents is 1. The van der Waals surface area contributed by atoms with Gasteiger partial charge < -0.3 is 16.2 Å². The molecule has 4 nitrogen and oxygen atoms in total. The standard InChI is InChI=1S/C10H11ClN2O2/c1-10(2)6-7(13-9(10)15)4(11)3-5(12)8(6)14/h3,14H,12H2,1-2H3,(H,13,15). The normalized spacial score (nSPS) is 17.4. The number of hydrogen-bond donors (Lipinski definition) is 3. The van der Waals surface area contributed by atoms with Crippen molar-refractivity contribution in [3.63, 3.8) is 0 Å². The first-order valence-electron chi connectivity index (χ1n) is 4.48. The lowest BCUT2D eigenvalue weighted by Gasteiger charge is -2.17. The molecule has 1 amide bonds. The number of phenols is 1. The lowest BCUT2D eigenvalue weighted by molar-refractivity contribution is -0.119. The molecule has 1 heterocycles. The number of aromatic hydroxyl groups is 1. The molecule has 0 fully saturated rings. The number of carbonyl (C=O) groups excluding carboxylic acids is 1. The van der Waals surface area contributed by atoms with Crippen LogP contribution in [0.5, 0.6) is 5.75 Å². The Labute approximate surface area is 92.0 Å². The minimum absolute atomic E-state index is 0.0715. The van der Waals surface area contributed by atoms with Crippen molar-refractivity contribution in [2.24, 2.45) is 0 Å². The van der Waals surface area contributed by atoms with Gasteiger partial charge in [0.2, 0.25) is 5.91 Å². The highest BCUT2D eigenvalue weighted by Gasteiger charge is 2.42. The second-order valence-electron chi connectivity index (χ2n) is 4.13. The molecule has 5 heteroatoms. The summed E-state index contributed by atoms with van der Waals surface area (Å²) in [7, 11) is 0. The molecule has 0 unspecified atom stereocenters. The highest BCUT2D eigenvalue weighted by atomic mass is 35.5. The Morgan fingerprint density at radius 2 is 2.13 bits per heavy atom. The minimum Gasteiger partial charge on any atom is -0.505 e. The smallest absolute Gasteiger partial charge is 0.234 e. The Morgan fingerprint density at radius 1 is 1.53 bits per heavy atom. The van der Waals surface area contributed by atoms with Crippen molar-refractivity contribution >= 4 is 28.9 Å². The van der Waals surface area contributed by atoms with Crippen molar-refractivity contribution in [3.8, 4) is 5.75 Å². The zero-order valence-corrected chi connectivity index (χ0v) is 9.14. The van der Waals surface area contributed by atoms with Crippen LogP contribution in [0.15, 0.2) is 6.07 Å². The van der Waals surface area contributed by atoms with E-state index in [1.807, 2.05) is 0 Å². The first-order valence-corrected chi connectivity index (χ1v) is 4.86. The average molecular weight is 227 g/mol. The van der Waals surface area contributed by atoms with E-state index in [0.29, 0.717) is 16.3 Å². The van der Waals surface area contributed by atoms with Gasteiger partial charge in [0.05, 0.1) is 21.8 Å². The summed E-state index contributed by atoms with van der Waals surface area (Å²) in [5.41, 5.74) is 5.89. The highest BCUT2D eigenvalue weighted by molar-refractivity contribution is 6.35. The minimum atomic E-state index is -0.807. The topological polar surface area (TPSA) is 75.4 Å². The van der Waals surface area contributed by atoms with Gasteiger partial charge in [-0.05, 0) is 19.9 Å². The first kappa shape index (κ1) is 10.1. The van der Waals surface area contributed by atoms with Crippen molar-refractivity contribution < 1.29 is 9.90 Å². The molecule has 2 rings (SSSR count). The summed E-state index contributed by atoms with van der Waals surface area (Å²) in [6, 6.07) is 1.43. The second kappa shape index (κ2) is 2.79. The summed E-state index contributed by atoms with van der Waals surface area (Å²) in [5, 5.41) is 12.8. The van der Waals surface area contributed by atoms with Crippen LogP contribution in [-0.4, -0.2) is 11.0 Å². The fourth-order valence-electron chi connectivity index (χ4n) is 1.77. The fourth-order valence-corrected chi connectivity index (χ4v) is 2.03. The summed E-state index contributed by atoms with van der Waals surface area (Å²) in [6.45, 7) is 3.42. The zero-order chi connectivity index (χ0) is 11.4. The van der Waals surface area contributed by atoms with Crippen molar-refractivity contribution in [2.75, 3.05) is 11.1 Å². The predicted molar refractivity (Wildman–Crippen MR) is 59.2 cm³/mol. The van der Waals surface area contributed by atoms with Crippen LogP contribution in [0.3, 0.4) is 0 Å². The molecule has 1 aliphatic heterocycles. The molecule has 0 spiro atoms. The molecule has 1 aliphatic rings. The molecule has 80 valence electrons. The lowest BCUT2D eigenvalue weighted by Crippen LogP contribution is -2.27. The maximum atomic E-state index is 11.6. The van der Waals surface area contributed by atoms with Gasteiger partial charge in [-0.2, -0.15) is 0 Å². The molecular weight excluding hydrogens is 216 g/mol. The number of carbonyl (C=O) groups is 1. The maximum absolute atomic E-state index is 11.6. The van der Waals surface area contributed by atoms with Crippen LogP contribution in [0.4, 0.5) is 11.4 Å². The van der Waals surface area contributed by atoms with Gasteiger partial charge in [0.1, 0.15) is 5.75 Å². The van der Waals surface area contributed by atoms with Crippen LogP contribution in [0, 0.1) is 0 Å². The fraction of sp³-hybridized carbons (Fsp3) is 0.300. The number of hydrogen-bond acceptors (Lipinski definition) is 3. The van der Waals surface area contributed by atoms with Crippen molar-refractivity contribution in [1.82, 2.24) is 0 Å². The van der Waals surface area contributed by atoms with Crippen LogP contribution in [-0.2, 0) is 10.2 Å². The third-order valence-electron chi connectivity index (χ3n) is 2.71. The highest BCUT2D eigenvalue weighted by Crippen LogP contribution is 2.48. The zero-order valence-electron chi connectivity index (χ0n) is 8.39. The molecule has 0 radical (unpaired) electrons. The van der Waals surface area contributed by atoms with Gasteiger partial charge in [0.15, 0.2) is 0 Å². The molecule has 1 aromatic rings. The van der Waals surface area contributed by atoms with Crippen molar-refractivity contribution in [1.29, 1.82) is 0 Å². The second-order valence-corrected chi connectivity index (χ2v) is 4.53. The number of anilines is 2. The monoisotopic (exact) mass is 226 g/mol. The molecule has 0 saturated heterocycles. The maximum Gasteiger partial charge on any atom is 0.234 e. The Balaban J connectivity index is 2.81. The van der Waals surface area contributed by atoms with E-state index in [1.54, 1.807) is 13.8 Å². The predicted octanol–water partition coefficient (Wildman–Crippen LogP) is 1.86. The third-order valence-corrected chi connectivity index (χ3v) is 3.01. The summed E-state index contributed by atoms with van der Waals surface area (Å²) in [5.74, 6) is -0.266. The van der Waals surface area contributed by atoms with Gasteiger partial charge in [0, 0.05) is 5.56 Å². The van der Waals surface area contributed by atoms with E-state index in [-0.39, 0.29) is 17.3 Å². The third kappa shape index (κ3) is 1.18. The molecule has 1 aromatic carbocycles. The summed E-state index contributed by atoms with van der Waals surface area (Å²) < 4.78 is 0. The molecule has 4 N–H and O–H groups in total. The van der Waals surface area contributed by atoms with Crippen LogP contribution in [0.1, 0.15) is 19.4 Å². The summed E-state index contributed by atoms with van der Waals surface area (Å²) >= 11 is 5.93. The Bertz CT molecular complexity index is 469. The van der Waals surface area contributed by atoms with E-state index >= 15 is 0 Å². The van der Waals surface area contributed by atoms with Gasteiger partial charge in [-0.1, -0.05) is 11.6 Å². The Morgan fingerprint density at radius 3 is 2.73 bits per heavy atom. The number of nitrogens with two attached hydrogens (primary N) is 1. The van der Waals surface area contributed by atoms with Crippen molar-refractivity contribution in [2.45, 2.75) is 19.3 Å². The number of rotatable bonds is 0. The van der Waals surface area contributed by atoms with Gasteiger partial charge in [-0.25, -0.2) is 0 Å². The van der Waals surface area contributed by atoms with E-state index in [4.69, 9.17) is 17.3 Å². The van der Waals surface area contributed by atoms with Crippen LogP contribution in [0.25, 0.3) is 0 Å². The van der Waals surface area contributed by atoms with Crippen LogP contribution < -0.4 is 11.1 Å². The van der Waals surface area contributed by atoms with Crippen LogP contribution in [0.2, 0.25) is 5.02 Å². The summed E-state index contributed by atoms with van der Waals surface area (Å²) in [4.78, 5) is 11.6. The van der Waals surface area contributed by atoms with E-state index < -0.39 is 5.41 Å². The molecule has 15 heavy (non-hydrogen) atoms. The molecular formula is C10H11ClN2O2. The average Bonchev–Trinajstić information content (AvgIpc) is 2.36. The largest absolute Gasteiger partial charge is 0.505 e. The summed E-state index contributed by atoms with van der Waals surface area (Å²) in [6.07, 6.45) is 0. The molecule has 0 aliphatic carbocycles. The number of amides is 1. The number of benzene rings is 1. The Kier molecular flexibility index (Phi) is 1.88. The van der Waals surface area contributed by atoms with Gasteiger partial charge in [-0.3, -0.25) is 4.79 Å². The number of fused-ring (bicyclic) bond motifs is 1. The molecule has 0 bridgehead atoms. The van der Waals surface area contributed by atoms with E-state index in [9.17, 15) is 9.90 Å². The lowest BCUT2D eigenvalue weighted by atomic mass is 9.85. The number of nitrogen functional groups attached to an aromatic ring is 1. The van der Waals surface area contributed by atoms with E-state index in [1.165, 1.54) is 6.07 Å². The molecule has 0 aromatic heterocycles. The first-order chi connectivity index (χ1) is 6.85. The van der Waals surface area contributed by atoms with Gasteiger partial charge in [-0.15, -0.1) is 0 Å². The molecule has 0 atom stereocenters. The van der Waals surface area contributed by atoms with E-state index in [0.717, 1.165) is 0 Å². The van der Waals surface area contributed by atoms with Gasteiger partial charge >= 0.3 is 0 Å². The van der Waals surface area contributed by atoms with Crippen LogP contribution >= 0.6 is 11.6 Å². The van der Waals surface area contributed by atoms with Gasteiger partial charge in [0.25, 0.3) is 0 Å². The number of halogens is 1. The Hall–Kier alpha value is -1.42. The quantitative estimate of drug-likeness (QED) is 0.467. The van der Waals surface area contributed by atoms with Crippen molar-refractivity contribution in [3.05, 3.63) is 16.7 Å². The molecule has 0 saturated carbocycles.